The minimum Gasteiger partial charge on any atom is -0.462 e. The lowest BCUT2D eigenvalue weighted by atomic mass is 10.1. The van der Waals surface area contributed by atoms with Crippen LogP contribution in [0.5, 0.6) is 0 Å². The second-order valence-electron chi connectivity index (χ2n) is 16.3. The Morgan fingerprint density at radius 1 is 0.344 bits per heavy atom. The highest BCUT2D eigenvalue weighted by atomic mass is 16.6. The maximum atomic E-state index is 12.8. The summed E-state index contributed by atoms with van der Waals surface area (Å²) in [5.41, 5.74) is 0. The number of rotatable bonds is 44. The number of ether oxygens (including phenoxy) is 3. The predicted octanol–water partition coefficient (Wildman–Crippen LogP) is 16.4. The van der Waals surface area contributed by atoms with E-state index in [-0.39, 0.29) is 31.1 Å². The van der Waals surface area contributed by atoms with Gasteiger partial charge >= 0.3 is 17.9 Å². The molecule has 0 saturated carbocycles. The molecule has 0 aromatic carbocycles. The lowest BCUT2D eigenvalue weighted by Gasteiger charge is -2.18. The summed E-state index contributed by atoms with van der Waals surface area (Å²) in [6.45, 7) is 6.35. The first-order valence-corrected chi connectivity index (χ1v) is 25.1. The molecule has 0 aromatic rings. The molecule has 0 saturated heterocycles. The van der Waals surface area contributed by atoms with Crippen molar-refractivity contribution in [1.82, 2.24) is 0 Å². The smallest absolute Gasteiger partial charge is 0.306 e. The third-order valence-corrected chi connectivity index (χ3v) is 10.4. The monoisotopic (exact) mass is 849 g/mol. The largest absolute Gasteiger partial charge is 0.462 e. The average Bonchev–Trinajstić information content (AvgIpc) is 3.26. The van der Waals surface area contributed by atoms with Gasteiger partial charge in [0.05, 0.1) is 0 Å². The number of hydrogen-bond acceptors (Lipinski definition) is 6. The SMILES string of the molecule is CCC=CCC=CCC=CCCCCCCCC(=O)OCC(COC(=O)CCCCCCCC=CCCCCCC)OC(=O)CCCCCCCC=CCC=CCC=CCC. The molecule has 0 heterocycles. The molecule has 0 fully saturated rings. The maximum Gasteiger partial charge on any atom is 0.306 e. The van der Waals surface area contributed by atoms with Gasteiger partial charge in [0.25, 0.3) is 0 Å². The van der Waals surface area contributed by atoms with Gasteiger partial charge in [0.1, 0.15) is 13.2 Å². The molecule has 0 aromatic heterocycles. The van der Waals surface area contributed by atoms with Crippen LogP contribution in [0.4, 0.5) is 0 Å². The van der Waals surface area contributed by atoms with Gasteiger partial charge in [-0.1, -0.05) is 183 Å². The lowest BCUT2D eigenvalue weighted by Crippen LogP contribution is -2.30. The van der Waals surface area contributed by atoms with Crippen LogP contribution in [-0.2, 0) is 28.6 Å². The van der Waals surface area contributed by atoms with Gasteiger partial charge in [0.2, 0.25) is 0 Å². The van der Waals surface area contributed by atoms with E-state index in [1.54, 1.807) is 0 Å². The van der Waals surface area contributed by atoms with E-state index >= 15 is 0 Å². The highest BCUT2D eigenvalue weighted by Gasteiger charge is 2.19. The fourth-order valence-electron chi connectivity index (χ4n) is 6.64. The van der Waals surface area contributed by atoms with Crippen LogP contribution in [0.1, 0.15) is 226 Å². The molecule has 348 valence electrons. The standard InChI is InChI=1S/C55H92O6/c1-4-7-10-13-16-19-22-25-27-30-33-36-39-42-45-48-54(57)60-51-52(50-59-53(56)47-44-41-38-35-32-29-24-21-18-15-12-9-6-3)61-55(58)49-46-43-40-37-34-31-28-26-23-20-17-14-11-8-5-2/h7-8,10-11,16-17,19-21,24-28,52H,4-6,9,12-15,18,22-23,29-51H2,1-3H3. The third-order valence-electron chi connectivity index (χ3n) is 10.4. The summed E-state index contributed by atoms with van der Waals surface area (Å²) in [4.78, 5) is 37.9. The predicted molar refractivity (Wildman–Crippen MR) is 261 cm³/mol. The van der Waals surface area contributed by atoms with Crippen molar-refractivity contribution >= 4 is 17.9 Å². The van der Waals surface area contributed by atoms with Crippen molar-refractivity contribution in [1.29, 1.82) is 0 Å². The van der Waals surface area contributed by atoms with E-state index in [1.807, 2.05) is 0 Å². The van der Waals surface area contributed by atoms with E-state index in [4.69, 9.17) is 14.2 Å². The molecule has 0 aliphatic rings. The van der Waals surface area contributed by atoms with Crippen LogP contribution in [0.15, 0.2) is 85.1 Å². The Balaban J connectivity index is 4.46. The van der Waals surface area contributed by atoms with Gasteiger partial charge in [-0.25, -0.2) is 0 Å². The molecule has 1 unspecified atom stereocenters. The molecule has 0 N–H and O–H groups in total. The molecule has 0 aliphatic carbocycles. The summed E-state index contributed by atoms with van der Waals surface area (Å²) in [5.74, 6) is -0.940. The van der Waals surface area contributed by atoms with Gasteiger partial charge in [-0.2, -0.15) is 0 Å². The molecule has 0 spiro atoms. The zero-order valence-corrected chi connectivity index (χ0v) is 39.7. The van der Waals surface area contributed by atoms with Crippen LogP contribution < -0.4 is 0 Å². The molecule has 1 atom stereocenters. The summed E-state index contributed by atoms with van der Waals surface area (Å²) >= 11 is 0. The zero-order valence-electron chi connectivity index (χ0n) is 39.7. The second-order valence-corrected chi connectivity index (χ2v) is 16.3. The Bertz CT molecular complexity index is 1200. The van der Waals surface area contributed by atoms with Crippen molar-refractivity contribution in [3.8, 4) is 0 Å². The lowest BCUT2D eigenvalue weighted by molar-refractivity contribution is -0.167. The molecule has 6 heteroatoms. The van der Waals surface area contributed by atoms with Crippen molar-refractivity contribution in [3.63, 3.8) is 0 Å². The summed E-state index contributed by atoms with van der Waals surface area (Å²) in [7, 11) is 0. The number of unbranched alkanes of at least 4 members (excludes halogenated alkanes) is 19. The van der Waals surface area contributed by atoms with Crippen molar-refractivity contribution < 1.29 is 28.6 Å². The molecule has 61 heavy (non-hydrogen) atoms. The van der Waals surface area contributed by atoms with Gasteiger partial charge in [-0.3, -0.25) is 14.4 Å². The summed E-state index contributed by atoms with van der Waals surface area (Å²) < 4.78 is 16.7. The number of carbonyl (C=O) groups excluding carboxylic acids is 3. The van der Waals surface area contributed by atoms with Crippen molar-refractivity contribution in [2.45, 2.75) is 232 Å². The van der Waals surface area contributed by atoms with Crippen LogP contribution in [0.25, 0.3) is 0 Å². The van der Waals surface area contributed by atoms with E-state index in [0.29, 0.717) is 19.3 Å². The third kappa shape index (κ3) is 47.5. The highest BCUT2D eigenvalue weighted by molar-refractivity contribution is 5.71. The number of carbonyl (C=O) groups is 3. The van der Waals surface area contributed by atoms with Crippen LogP contribution in [0.2, 0.25) is 0 Å². The van der Waals surface area contributed by atoms with E-state index in [9.17, 15) is 14.4 Å². The van der Waals surface area contributed by atoms with Gasteiger partial charge in [-0.15, -0.1) is 0 Å². The fourth-order valence-corrected chi connectivity index (χ4v) is 6.64. The quantitative estimate of drug-likeness (QED) is 0.0263. The highest BCUT2D eigenvalue weighted by Crippen LogP contribution is 2.13. The summed E-state index contributed by atoms with van der Waals surface area (Å²) in [5, 5.41) is 0. The molecule has 6 nitrogen and oxygen atoms in total. The summed E-state index contributed by atoms with van der Waals surface area (Å²) in [6.07, 6.45) is 62.7. The molecule has 0 radical (unpaired) electrons. The minimum absolute atomic E-state index is 0.0944. The Labute approximate surface area is 375 Å². The Kier molecular flexibility index (Phi) is 46.5. The molecule has 0 aliphatic heterocycles. The maximum absolute atomic E-state index is 12.8. The topological polar surface area (TPSA) is 78.9 Å². The first-order chi connectivity index (χ1) is 30.0. The van der Waals surface area contributed by atoms with Crippen LogP contribution >= 0.6 is 0 Å². The normalized spacial score (nSPS) is 12.8. The first-order valence-electron chi connectivity index (χ1n) is 25.1. The van der Waals surface area contributed by atoms with Crippen LogP contribution in [0.3, 0.4) is 0 Å². The average molecular weight is 849 g/mol. The van der Waals surface area contributed by atoms with Gasteiger partial charge in [0.15, 0.2) is 6.10 Å². The first kappa shape index (κ1) is 57.6. The van der Waals surface area contributed by atoms with E-state index in [0.717, 1.165) is 141 Å². The second kappa shape index (κ2) is 49.2. The van der Waals surface area contributed by atoms with Crippen molar-refractivity contribution in [2.24, 2.45) is 0 Å². The Hall–Kier alpha value is -3.41. The van der Waals surface area contributed by atoms with Gasteiger partial charge < -0.3 is 14.2 Å². The number of allylic oxidation sites excluding steroid dienone is 14. The van der Waals surface area contributed by atoms with Crippen LogP contribution in [-0.4, -0.2) is 37.2 Å². The molecule has 0 amide bonds. The van der Waals surface area contributed by atoms with Crippen LogP contribution in [0, 0.1) is 0 Å². The van der Waals surface area contributed by atoms with Crippen molar-refractivity contribution in [2.75, 3.05) is 13.2 Å². The summed E-state index contributed by atoms with van der Waals surface area (Å²) in [6, 6.07) is 0. The molecule has 0 rings (SSSR count). The number of hydrogen-bond donors (Lipinski definition) is 0. The van der Waals surface area contributed by atoms with E-state index in [2.05, 4.69) is 106 Å². The molecular weight excluding hydrogens is 757 g/mol. The van der Waals surface area contributed by atoms with Crippen molar-refractivity contribution in [3.05, 3.63) is 85.1 Å². The fraction of sp³-hybridized carbons (Fsp3) is 0.691. The minimum atomic E-state index is -0.795. The molecular formula is C55H92O6. The van der Waals surface area contributed by atoms with Gasteiger partial charge in [-0.05, 0) is 109 Å². The van der Waals surface area contributed by atoms with E-state index in [1.165, 1.54) is 44.9 Å². The number of esters is 3. The Morgan fingerprint density at radius 3 is 1.02 bits per heavy atom. The molecule has 0 bridgehead atoms. The Morgan fingerprint density at radius 2 is 0.639 bits per heavy atom. The zero-order chi connectivity index (χ0) is 44.4. The van der Waals surface area contributed by atoms with E-state index < -0.39 is 6.10 Å². The van der Waals surface area contributed by atoms with Gasteiger partial charge in [0, 0.05) is 19.3 Å².